The number of hydrogen-bond donors (Lipinski definition) is 0. The first-order chi connectivity index (χ1) is 22.9. The Morgan fingerprint density at radius 1 is 0.979 bits per heavy atom. The number of benzene rings is 4. The first-order valence-corrected chi connectivity index (χ1v) is 17.2. The van der Waals surface area contributed by atoms with E-state index >= 15 is 0 Å². The van der Waals surface area contributed by atoms with Crippen molar-refractivity contribution < 1.29 is 13.9 Å². The van der Waals surface area contributed by atoms with E-state index in [0.29, 0.717) is 27.1 Å². The molecule has 0 unspecified atom stereocenters. The number of esters is 1. The van der Waals surface area contributed by atoms with Crippen LogP contribution in [-0.2, 0) is 16.1 Å². The summed E-state index contributed by atoms with van der Waals surface area (Å²) in [5, 5.41) is 0.988. The highest BCUT2D eigenvalue weighted by molar-refractivity contribution is 7.98. The van der Waals surface area contributed by atoms with E-state index in [0.717, 1.165) is 38.1 Å². The fraction of sp³-hybridized carbons (Fsp3) is 0.132. The predicted molar refractivity (Wildman–Crippen MR) is 187 cm³/mol. The van der Waals surface area contributed by atoms with Crippen molar-refractivity contribution in [3.63, 3.8) is 0 Å². The first kappa shape index (κ1) is 30.7. The van der Waals surface area contributed by atoms with Gasteiger partial charge in [-0.15, -0.1) is 11.8 Å². The Kier molecular flexibility index (Phi) is 8.49. The molecule has 0 amide bonds. The maximum absolute atomic E-state index is 14.4. The molecule has 1 atom stereocenters. The van der Waals surface area contributed by atoms with Crippen LogP contribution in [0.4, 0.5) is 4.39 Å². The minimum atomic E-state index is -0.738. The lowest BCUT2D eigenvalue weighted by Crippen LogP contribution is -2.40. The summed E-state index contributed by atoms with van der Waals surface area (Å²) in [5.41, 5.74) is 4.97. The van der Waals surface area contributed by atoms with E-state index in [-0.39, 0.29) is 18.0 Å². The van der Waals surface area contributed by atoms with E-state index < -0.39 is 12.0 Å². The van der Waals surface area contributed by atoms with Crippen molar-refractivity contribution in [1.29, 1.82) is 0 Å². The predicted octanol–water partition coefficient (Wildman–Crippen LogP) is 6.80. The molecule has 4 aromatic carbocycles. The molecule has 7 rings (SSSR count). The molecule has 47 heavy (non-hydrogen) atoms. The molecule has 0 N–H and O–H groups in total. The average molecular weight is 660 g/mol. The molecule has 0 fully saturated rings. The van der Waals surface area contributed by atoms with E-state index in [9.17, 15) is 14.0 Å². The number of aromatic nitrogens is 2. The number of carbonyl (C=O) groups excluding carboxylic acids is 1. The quantitative estimate of drug-likeness (QED) is 0.133. The lowest BCUT2D eigenvalue weighted by Gasteiger charge is -2.26. The zero-order valence-electron chi connectivity index (χ0n) is 25.7. The molecule has 1 aliphatic heterocycles. The number of thioether (sulfide) groups is 1. The van der Waals surface area contributed by atoms with Crippen LogP contribution in [0.1, 0.15) is 35.2 Å². The molecular formula is C38H30FN3O3S2. The maximum atomic E-state index is 14.4. The molecule has 234 valence electrons. The van der Waals surface area contributed by atoms with Crippen LogP contribution >= 0.6 is 23.1 Å². The molecule has 0 spiro atoms. The zero-order valence-corrected chi connectivity index (χ0v) is 27.4. The summed E-state index contributed by atoms with van der Waals surface area (Å²) in [4.78, 5) is 34.7. The monoisotopic (exact) mass is 659 g/mol. The molecule has 0 radical (unpaired) electrons. The van der Waals surface area contributed by atoms with Gasteiger partial charge < -0.3 is 9.30 Å². The van der Waals surface area contributed by atoms with E-state index in [1.165, 1.54) is 23.5 Å². The van der Waals surface area contributed by atoms with E-state index in [1.54, 1.807) is 35.4 Å². The summed E-state index contributed by atoms with van der Waals surface area (Å²) in [6.07, 6.45) is 5.92. The van der Waals surface area contributed by atoms with Crippen LogP contribution < -0.4 is 14.9 Å². The fourth-order valence-corrected chi connectivity index (χ4v) is 7.39. The molecule has 0 bridgehead atoms. The number of thiazole rings is 1. The van der Waals surface area contributed by atoms with Gasteiger partial charge in [-0.05, 0) is 60.7 Å². The minimum Gasteiger partial charge on any atom is -0.463 e. The smallest absolute Gasteiger partial charge is 0.338 e. The van der Waals surface area contributed by atoms with Gasteiger partial charge in [0.25, 0.3) is 5.56 Å². The molecule has 6 nitrogen and oxygen atoms in total. The maximum Gasteiger partial charge on any atom is 0.338 e. The van der Waals surface area contributed by atoms with Crippen molar-refractivity contribution in [3.05, 3.63) is 163 Å². The largest absolute Gasteiger partial charge is 0.463 e. The van der Waals surface area contributed by atoms with Crippen LogP contribution in [0.2, 0.25) is 0 Å². The Morgan fingerprint density at radius 3 is 2.43 bits per heavy atom. The van der Waals surface area contributed by atoms with Gasteiger partial charge in [0.05, 0.1) is 28.5 Å². The molecule has 1 aliphatic rings. The Bertz CT molecular complexity index is 2320. The second-order valence-electron chi connectivity index (χ2n) is 11.1. The highest BCUT2D eigenvalue weighted by atomic mass is 32.2. The second-order valence-corrected chi connectivity index (χ2v) is 12.9. The van der Waals surface area contributed by atoms with Crippen LogP contribution in [0.3, 0.4) is 0 Å². The molecule has 6 aromatic rings. The van der Waals surface area contributed by atoms with Crippen LogP contribution in [0.5, 0.6) is 0 Å². The standard InChI is InChI=1S/C38H30FN3O3S2/c1-3-45-37(44)33-34(25-9-5-4-6-10-25)40-38-42(35(33)26-15-19-29(46-2)20-16-26)36(43)32(47-38)21-27-23-41(31-12-8-7-11-30(27)31)22-24-13-17-28(39)18-14-24/h4-21,23,35H,3,22H2,1-2H3/b32-21-/t35-/m0/s1. The number of fused-ring (bicyclic) bond motifs is 2. The Labute approximate surface area is 278 Å². The van der Waals surface area contributed by atoms with Gasteiger partial charge in [-0.25, -0.2) is 14.2 Å². The third kappa shape index (κ3) is 5.88. The fourth-order valence-electron chi connectivity index (χ4n) is 5.99. The molecule has 3 heterocycles. The number of carbonyl (C=O) groups is 1. The second kappa shape index (κ2) is 13.0. The summed E-state index contributed by atoms with van der Waals surface area (Å²) in [5.74, 6) is -0.783. The van der Waals surface area contributed by atoms with Crippen LogP contribution in [0.25, 0.3) is 22.7 Å². The van der Waals surface area contributed by atoms with Gasteiger partial charge in [0, 0.05) is 39.7 Å². The SMILES string of the molecule is CCOC(=O)C1=C(c2ccccc2)N=c2s/c(=C\c3cn(Cc4ccc(F)cc4)c4ccccc34)c(=O)n2[C@H]1c1ccc(SC)cc1. The van der Waals surface area contributed by atoms with Gasteiger partial charge in [0.2, 0.25) is 0 Å². The normalized spacial score (nSPS) is 14.7. The molecular weight excluding hydrogens is 630 g/mol. The van der Waals surface area contributed by atoms with Crippen molar-refractivity contribution in [1.82, 2.24) is 9.13 Å². The Morgan fingerprint density at radius 2 is 1.70 bits per heavy atom. The highest BCUT2D eigenvalue weighted by Crippen LogP contribution is 2.36. The number of para-hydroxylation sites is 1. The molecule has 9 heteroatoms. The number of nitrogens with zero attached hydrogens (tertiary/aromatic N) is 3. The van der Waals surface area contributed by atoms with Gasteiger partial charge in [0.15, 0.2) is 4.80 Å². The third-order valence-corrected chi connectivity index (χ3v) is 9.90. The van der Waals surface area contributed by atoms with Gasteiger partial charge in [-0.1, -0.05) is 84.1 Å². The summed E-state index contributed by atoms with van der Waals surface area (Å²) in [7, 11) is 0. The Hall–Kier alpha value is -4.99. The van der Waals surface area contributed by atoms with Crippen LogP contribution in [0, 0.1) is 5.82 Å². The van der Waals surface area contributed by atoms with Gasteiger partial charge in [0.1, 0.15) is 5.82 Å². The van der Waals surface area contributed by atoms with Crippen LogP contribution in [0.15, 0.2) is 130 Å². The summed E-state index contributed by atoms with van der Waals surface area (Å²) < 4.78 is 23.4. The van der Waals surface area contributed by atoms with Crippen molar-refractivity contribution in [2.75, 3.05) is 12.9 Å². The lowest BCUT2D eigenvalue weighted by molar-refractivity contribution is -0.138. The van der Waals surface area contributed by atoms with Crippen molar-refractivity contribution >= 4 is 51.7 Å². The topological polar surface area (TPSA) is 65.6 Å². The molecule has 0 saturated carbocycles. The summed E-state index contributed by atoms with van der Waals surface area (Å²) in [6.45, 7) is 2.50. The van der Waals surface area contributed by atoms with Gasteiger partial charge in [-0.3, -0.25) is 9.36 Å². The highest BCUT2D eigenvalue weighted by Gasteiger charge is 2.35. The number of rotatable bonds is 8. The van der Waals surface area contributed by atoms with Crippen molar-refractivity contribution in [2.45, 2.75) is 24.4 Å². The summed E-state index contributed by atoms with van der Waals surface area (Å²) >= 11 is 2.92. The third-order valence-electron chi connectivity index (χ3n) is 8.18. The average Bonchev–Trinajstić information content (AvgIpc) is 3.61. The van der Waals surface area contributed by atoms with Gasteiger partial charge in [-0.2, -0.15) is 0 Å². The van der Waals surface area contributed by atoms with E-state index in [4.69, 9.17) is 9.73 Å². The summed E-state index contributed by atoms with van der Waals surface area (Å²) in [6, 6.07) is 31.2. The first-order valence-electron chi connectivity index (χ1n) is 15.2. The van der Waals surface area contributed by atoms with Crippen molar-refractivity contribution in [2.24, 2.45) is 4.99 Å². The lowest BCUT2D eigenvalue weighted by atomic mass is 9.93. The number of ether oxygens (including phenoxy) is 1. The molecule has 0 saturated heterocycles. The van der Waals surface area contributed by atoms with Crippen LogP contribution in [-0.4, -0.2) is 28.0 Å². The van der Waals surface area contributed by atoms with Gasteiger partial charge >= 0.3 is 5.97 Å². The zero-order chi connectivity index (χ0) is 32.5. The Balaban J connectivity index is 1.44. The minimum absolute atomic E-state index is 0.189. The van der Waals surface area contributed by atoms with E-state index in [1.807, 2.05) is 97.4 Å². The number of halogens is 1. The molecule has 2 aromatic heterocycles. The molecule has 0 aliphatic carbocycles. The number of hydrogen-bond acceptors (Lipinski definition) is 6. The van der Waals surface area contributed by atoms with E-state index in [2.05, 4.69) is 4.57 Å². The van der Waals surface area contributed by atoms with Crippen molar-refractivity contribution in [3.8, 4) is 0 Å².